The van der Waals surface area contributed by atoms with Crippen LogP contribution in [0, 0.1) is 11.6 Å². The fraction of sp³-hybridized carbons (Fsp3) is 0.389. The number of nitrogens with zero attached hydrogens (tertiary/aromatic N) is 4. The zero-order chi connectivity index (χ0) is 23.0. The van der Waals surface area contributed by atoms with Gasteiger partial charge in [-0.15, -0.1) is 0 Å². The number of halogens is 2. The Kier molecular flexibility index (Phi) is 6.05. The Hall–Kier alpha value is -2.78. The Bertz CT molecular complexity index is 1220. The van der Waals surface area contributed by atoms with Crippen molar-refractivity contribution in [3.05, 3.63) is 48.1 Å². The van der Waals surface area contributed by atoms with Crippen molar-refractivity contribution in [2.45, 2.75) is 37.5 Å². The van der Waals surface area contributed by atoms with Gasteiger partial charge < -0.3 is 20.3 Å². The summed E-state index contributed by atoms with van der Waals surface area (Å²) in [5.74, 6) is -1.56. The van der Waals surface area contributed by atoms with Gasteiger partial charge in [0.15, 0.2) is 23.2 Å². The molecular formula is C18H20F2N6O5S. The van der Waals surface area contributed by atoms with Crippen LogP contribution in [0.5, 0.6) is 0 Å². The molecule has 172 valence electrons. The van der Waals surface area contributed by atoms with Gasteiger partial charge in [0, 0.05) is 12.6 Å². The quantitative estimate of drug-likeness (QED) is 0.372. The minimum Gasteiger partial charge on any atom is -0.388 e. The molecule has 2 aromatic heterocycles. The van der Waals surface area contributed by atoms with E-state index in [1.807, 2.05) is 0 Å². The lowest BCUT2D eigenvalue weighted by Crippen LogP contribution is -2.33. The molecule has 0 radical (unpaired) electrons. The molecule has 1 saturated heterocycles. The van der Waals surface area contributed by atoms with E-state index in [2.05, 4.69) is 20.3 Å². The molecule has 4 atom stereocenters. The molecule has 3 heterocycles. The fourth-order valence-electron chi connectivity index (χ4n) is 3.54. The van der Waals surface area contributed by atoms with Crippen LogP contribution in [0.3, 0.4) is 0 Å². The Balaban J connectivity index is 1.55. The second-order valence-electron chi connectivity index (χ2n) is 7.38. The van der Waals surface area contributed by atoms with E-state index >= 15 is 0 Å². The standard InChI is InChI=1S/C18H20F2N6O5S/c19-10-3-9(4-11(20)5-10)6-22-16-13-17(24-7-23-16)26(8-25-13)18-15(28)14(27)12(31-18)1-2-32(21,29)30/h3-5,7-8,12,14-15,18,27-28H,1-2,6H2,(H2,21,29,30)(H,22,23,24)/t12-,14-,15-,18-/m1/s1. The largest absolute Gasteiger partial charge is 0.388 e. The van der Waals surface area contributed by atoms with Crippen LogP contribution in [0.4, 0.5) is 14.6 Å². The Morgan fingerprint density at radius 3 is 2.53 bits per heavy atom. The highest BCUT2D eigenvalue weighted by Gasteiger charge is 2.44. The maximum atomic E-state index is 13.4. The number of hydrogen-bond donors (Lipinski definition) is 4. The summed E-state index contributed by atoms with van der Waals surface area (Å²) in [5.41, 5.74) is 0.906. The van der Waals surface area contributed by atoms with Crippen LogP contribution in [0.1, 0.15) is 18.2 Å². The van der Waals surface area contributed by atoms with Gasteiger partial charge in [-0.25, -0.2) is 37.3 Å². The average molecular weight is 470 g/mol. The molecule has 1 fully saturated rings. The third kappa shape index (κ3) is 4.68. The predicted molar refractivity (Wildman–Crippen MR) is 108 cm³/mol. The number of rotatable bonds is 7. The number of aromatic nitrogens is 4. The summed E-state index contributed by atoms with van der Waals surface area (Å²) in [7, 11) is -3.77. The van der Waals surface area contributed by atoms with Crippen molar-refractivity contribution < 1.29 is 32.1 Å². The molecule has 0 bridgehead atoms. The van der Waals surface area contributed by atoms with Crippen molar-refractivity contribution in [2.75, 3.05) is 11.1 Å². The number of primary sulfonamides is 1. The first-order chi connectivity index (χ1) is 15.1. The van der Waals surface area contributed by atoms with E-state index in [0.29, 0.717) is 11.1 Å². The molecule has 1 aliphatic heterocycles. The fourth-order valence-corrected chi connectivity index (χ4v) is 4.11. The van der Waals surface area contributed by atoms with Gasteiger partial charge in [0.1, 0.15) is 30.2 Å². The van der Waals surface area contributed by atoms with Gasteiger partial charge in [-0.3, -0.25) is 4.57 Å². The van der Waals surface area contributed by atoms with Crippen molar-refractivity contribution in [3.63, 3.8) is 0 Å². The number of imidazole rings is 1. The normalized spacial score (nSPS) is 23.7. The van der Waals surface area contributed by atoms with E-state index in [0.717, 1.165) is 6.07 Å². The van der Waals surface area contributed by atoms with Gasteiger partial charge in [0.2, 0.25) is 10.0 Å². The molecule has 32 heavy (non-hydrogen) atoms. The highest BCUT2D eigenvalue weighted by Crippen LogP contribution is 2.33. The number of benzene rings is 1. The van der Waals surface area contributed by atoms with Gasteiger partial charge in [0.05, 0.1) is 18.2 Å². The Labute approximate surface area is 180 Å². The minimum absolute atomic E-state index is 0.0601. The summed E-state index contributed by atoms with van der Waals surface area (Å²) in [6.45, 7) is 0.0601. The van der Waals surface area contributed by atoms with E-state index < -0.39 is 52.0 Å². The van der Waals surface area contributed by atoms with Crippen molar-refractivity contribution in [1.29, 1.82) is 0 Å². The predicted octanol–water partition coefficient (Wildman–Crippen LogP) is 0.0144. The SMILES string of the molecule is NS(=O)(=O)CC[C@H]1O[C@@H](n2cnc3c(NCc4cc(F)cc(F)c4)ncnc32)[C@H](O)[C@@H]1O. The molecule has 1 aromatic carbocycles. The van der Waals surface area contributed by atoms with Gasteiger partial charge in [-0.1, -0.05) is 0 Å². The number of nitrogens with one attached hydrogen (secondary N) is 1. The molecule has 0 saturated carbocycles. The van der Waals surface area contributed by atoms with E-state index in [4.69, 9.17) is 9.88 Å². The number of anilines is 1. The average Bonchev–Trinajstić information content (AvgIpc) is 3.25. The minimum atomic E-state index is -3.77. The highest BCUT2D eigenvalue weighted by molar-refractivity contribution is 7.89. The van der Waals surface area contributed by atoms with E-state index in [-0.39, 0.29) is 24.4 Å². The summed E-state index contributed by atoms with van der Waals surface area (Å²) >= 11 is 0. The van der Waals surface area contributed by atoms with E-state index in [1.165, 1.54) is 29.4 Å². The molecule has 0 unspecified atom stereocenters. The van der Waals surface area contributed by atoms with Crippen LogP contribution >= 0.6 is 0 Å². The Morgan fingerprint density at radius 1 is 1.12 bits per heavy atom. The molecule has 0 amide bonds. The Morgan fingerprint density at radius 2 is 1.84 bits per heavy atom. The maximum Gasteiger partial charge on any atom is 0.209 e. The molecule has 11 nitrogen and oxygen atoms in total. The second-order valence-corrected chi connectivity index (χ2v) is 9.11. The summed E-state index contributed by atoms with van der Waals surface area (Å²) in [5, 5.41) is 28.6. The summed E-state index contributed by atoms with van der Waals surface area (Å²) in [6.07, 6.45) is -2.32. The van der Waals surface area contributed by atoms with Gasteiger partial charge in [-0.2, -0.15) is 0 Å². The molecule has 0 spiro atoms. The third-order valence-electron chi connectivity index (χ3n) is 5.04. The molecule has 0 aliphatic carbocycles. The van der Waals surface area contributed by atoms with Gasteiger partial charge >= 0.3 is 0 Å². The lowest BCUT2D eigenvalue weighted by atomic mass is 10.1. The van der Waals surface area contributed by atoms with Crippen LogP contribution in [-0.4, -0.2) is 62.2 Å². The summed E-state index contributed by atoms with van der Waals surface area (Å²) < 4.78 is 56.2. The van der Waals surface area contributed by atoms with Gasteiger partial charge in [-0.05, 0) is 24.1 Å². The number of aliphatic hydroxyl groups excluding tert-OH is 2. The van der Waals surface area contributed by atoms with Gasteiger partial charge in [0.25, 0.3) is 0 Å². The molecule has 4 rings (SSSR count). The monoisotopic (exact) mass is 470 g/mol. The molecular weight excluding hydrogens is 450 g/mol. The van der Waals surface area contributed by atoms with E-state index in [9.17, 15) is 27.4 Å². The highest BCUT2D eigenvalue weighted by atomic mass is 32.2. The molecule has 1 aliphatic rings. The van der Waals surface area contributed by atoms with Crippen LogP contribution in [0.15, 0.2) is 30.9 Å². The molecule has 3 aromatic rings. The van der Waals surface area contributed by atoms with Crippen molar-refractivity contribution in [1.82, 2.24) is 19.5 Å². The number of fused-ring (bicyclic) bond motifs is 1. The lowest BCUT2D eigenvalue weighted by Gasteiger charge is -2.16. The zero-order valence-corrected chi connectivity index (χ0v) is 17.3. The first-order valence-electron chi connectivity index (χ1n) is 9.51. The van der Waals surface area contributed by atoms with Crippen LogP contribution in [-0.2, 0) is 21.3 Å². The van der Waals surface area contributed by atoms with Crippen molar-refractivity contribution >= 4 is 27.0 Å². The number of aliphatic hydroxyl groups is 2. The molecule has 5 N–H and O–H groups in total. The smallest absolute Gasteiger partial charge is 0.209 e. The number of ether oxygens (including phenoxy) is 1. The number of hydrogen-bond acceptors (Lipinski definition) is 9. The second kappa shape index (κ2) is 8.63. The van der Waals surface area contributed by atoms with Crippen molar-refractivity contribution in [2.24, 2.45) is 5.14 Å². The first-order valence-corrected chi connectivity index (χ1v) is 11.2. The maximum absolute atomic E-state index is 13.4. The summed E-state index contributed by atoms with van der Waals surface area (Å²) in [4.78, 5) is 12.5. The van der Waals surface area contributed by atoms with Crippen molar-refractivity contribution in [3.8, 4) is 0 Å². The van der Waals surface area contributed by atoms with Crippen LogP contribution < -0.4 is 10.5 Å². The number of nitrogens with two attached hydrogens (primary N) is 1. The van der Waals surface area contributed by atoms with E-state index in [1.54, 1.807) is 0 Å². The topological polar surface area (TPSA) is 165 Å². The molecule has 14 heteroatoms. The van der Waals surface area contributed by atoms with Crippen LogP contribution in [0.2, 0.25) is 0 Å². The zero-order valence-electron chi connectivity index (χ0n) is 16.5. The summed E-state index contributed by atoms with van der Waals surface area (Å²) in [6, 6.07) is 3.13. The number of sulfonamides is 1. The lowest BCUT2D eigenvalue weighted by molar-refractivity contribution is -0.0353. The third-order valence-corrected chi connectivity index (χ3v) is 5.84. The first kappa shape index (κ1) is 22.4. The van der Waals surface area contributed by atoms with Crippen LogP contribution in [0.25, 0.3) is 11.2 Å².